The highest BCUT2D eigenvalue weighted by atomic mass is 16.5. The van der Waals surface area contributed by atoms with Crippen molar-refractivity contribution in [2.75, 3.05) is 26.3 Å². The summed E-state index contributed by atoms with van der Waals surface area (Å²) in [5.41, 5.74) is 3.09. The van der Waals surface area contributed by atoms with E-state index in [4.69, 9.17) is 4.74 Å². The predicted octanol–water partition coefficient (Wildman–Crippen LogP) is 3.04. The molecule has 18 heavy (non-hydrogen) atoms. The fourth-order valence-electron chi connectivity index (χ4n) is 2.74. The quantitative estimate of drug-likeness (QED) is 0.808. The zero-order chi connectivity index (χ0) is 12.8. The van der Waals surface area contributed by atoms with E-state index in [2.05, 4.69) is 43.4 Å². The van der Waals surface area contributed by atoms with Crippen molar-refractivity contribution in [1.82, 2.24) is 5.32 Å². The van der Waals surface area contributed by atoms with E-state index in [0.29, 0.717) is 0 Å². The highest BCUT2D eigenvalue weighted by Gasteiger charge is 2.33. The van der Waals surface area contributed by atoms with Crippen LogP contribution in [0.5, 0.6) is 0 Å². The Labute approximate surface area is 111 Å². The third kappa shape index (κ3) is 3.12. The van der Waals surface area contributed by atoms with Crippen molar-refractivity contribution in [3.63, 3.8) is 0 Å². The summed E-state index contributed by atoms with van der Waals surface area (Å²) in [4.78, 5) is 0. The van der Waals surface area contributed by atoms with E-state index in [9.17, 15) is 0 Å². The zero-order valence-corrected chi connectivity index (χ0v) is 11.7. The average molecular weight is 247 g/mol. The van der Waals surface area contributed by atoms with Gasteiger partial charge in [0.05, 0.1) is 0 Å². The van der Waals surface area contributed by atoms with Gasteiger partial charge < -0.3 is 10.1 Å². The molecule has 0 aliphatic carbocycles. The van der Waals surface area contributed by atoms with Crippen LogP contribution in [0.15, 0.2) is 24.3 Å². The third-order valence-electron chi connectivity index (χ3n) is 4.00. The Morgan fingerprint density at radius 3 is 2.44 bits per heavy atom. The van der Waals surface area contributed by atoms with Gasteiger partial charge in [0.15, 0.2) is 0 Å². The minimum absolute atomic E-state index is 0.279. The van der Waals surface area contributed by atoms with E-state index in [1.165, 1.54) is 17.5 Å². The van der Waals surface area contributed by atoms with Crippen LogP contribution >= 0.6 is 0 Å². The van der Waals surface area contributed by atoms with E-state index in [0.717, 1.165) is 39.1 Å². The van der Waals surface area contributed by atoms with Crippen LogP contribution in [-0.2, 0) is 10.2 Å². The maximum atomic E-state index is 5.55. The van der Waals surface area contributed by atoms with Crippen LogP contribution in [0.25, 0.3) is 0 Å². The Hall–Kier alpha value is -0.860. The maximum Gasteiger partial charge on any atom is 0.0475 e. The summed E-state index contributed by atoms with van der Waals surface area (Å²) in [6, 6.07) is 9.06. The molecular formula is C16H25NO. The molecule has 0 amide bonds. The van der Waals surface area contributed by atoms with E-state index < -0.39 is 0 Å². The topological polar surface area (TPSA) is 21.3 Å². The highest BCUT2D eigenvalue weighted by Crippen LogP contribution is 2.34. The van der Waals surface area contributed by atoms with Crippen molar-refractivity contribution in [1.29, 1.82) is 0 Å². The van der Waals surface area contributed by atoms with Crippen LogP contribution in [0.2, 0.25) is 0 Å². The molecule has 1 fully saturated rings. The normalized spacial score (nSPS) is 18.8. The molecular weight excluding hydrogens is 222 g/mol. The smallest absolute Gasteiger partial charge is 0.0475 e. The highest BCUT2D eigenvalue weighted by molar-refractivity contribution is 5.29. The molecule has 0 saturated carbocycles. The number of aryl methyl sites for hydroxylation is 1. The molecule has 0 atom stereocenters. The fourth-order valence-corrected chi connectivity index (χ4v) is 2.74. The standard InChI is InChI=1S/C16H25NO/c1-3-10-17-13-16(8-11-18-12-9-16)15-6-4-14(2)5-7-15/h4-7,17H,3,8-13H2,1-2H3. The van der Waals surface area contributed by atoms with Gasteiger partial charge in [-0.25, -0.2) is 0 Å². The van der Waals surface area contributed by atoms with Gasteiger partial charge in [-0.05, 0) is 38.3 Å². The molecule has 0 radical (unpaired) electrons. The van der Waals surface area contributed by atoms with Gasteiger partial charge in [0, 0.05) is 25.2 Å². The number of rotatable bonds is 5. The van der Waals surface area contributed by atoms with Gasteiger partial charge in [0.25, 0.3) is 0 Å². The molecule has 1 aliphatic heterocycles. The Morgan fingerprint density at radius 2 is 1.83 bits per heavy atom. The molecule has 2 nitrogen and oxygen atoms in total. The minimum atomic E-state index is 0.279. The van der Waals surface area contributed by atoms with Crippen LogP contribution in [0.4, 0.5) is 0 Å². The first kappa shape index (κ1) is 13.6. The lowest BCUT2D eigenvalue weighted by Crippen LogP contribution is -2.43. The summed E-state index contributed by atoms with van der Waals surface area (Å²) < 4.78 is 5.55. The summed E-state index contributed by atoms with van der Waals surface area (Å²) in [5, 5.41) is 3.60. The second-order valence-corrected chi connectivity index (χ2v) is 5.44. The molecule has 0 unspecified atom stereocenters. The van der Waals surface area contributed by atoms with Gasteiger partial charge in [-0.1, -0.05) is 36.8 Å². The van der Waals surface area contributed by atoms with Gasteiger partial charge in [-0.3, -0.25) is 0 Å². The van der Waals surface area contributed by atoms with Crippen LogP contribution in [0.1, 0.15) is 37.3 Å². The molecule has 2 heteroatoms. The van der Waals surface area contributed by atoms with Crippen molar-refractivity contribution in [3.05, 3.63) is 35.4 Å². The van der Waals surface area contributed by atoms with Crippen molar-refractivity contribution in [2.45, 2.75) is 38.5 Å². The van der Waals surface area contributed by atoms with Gasteiger partial charge in [0.2, 0.25) is 0 Å². The Bertz CT molecular complexity index is 352. The van der Waals surface area contributed by atoms with E-state index in [1.807, 2.05) is 0 Å². The third-order valence-corrected chi connectivity index (χ3v) is 4.00. The summed E-state index contributed by atoms with van der Waals surface area (Å²) in [6.07, 6.45) is 3.46. The Balaban J connectivity index is 2.15. The largest absolute Gasteiger partial charge is 0.381 e. The molecule has 0 aromatic heterocycles. The molecule has 1 heterocycles. The minimum Gasteiger partial charge on any atom is -0.381 e. The van der Waals surface area contributed by atoms with Crippen molar-refractivity contribution in [2.24, 2.45) is 0 Å². The second kappa shape index (κ2) is 6.35. The van der Waals surface area contributed by atoms with Crippen molar-refractivity contribution in [3.8, 4) is 0 Å². The predicted molar refractivity (Wildman–Crippen MR) is 76.1 cm³/mol. The Morgan fingerprint density at radius 1 is 1.17 bits per heavy atom. The molecule has 1 aromatic rings. The first-order valence-corrected chi connectivity index (χ1v) is 7.12. The molecule has 0 spiro atoms. The van der Waals surface area contributed by atoms with Crippen molar-refractivity contribution < 1.29 is 4.74 Å². The van der Waals surface area contributed by atoms with Crippen LogP contribution in [0.3, 0.4) is 0 Å². The number of hydrogen-bond acceptors (Lipinski definition) is 2. The lowest BCUT2D eigenvalue weighted by atomic mass is 9.74. The summed E-state index contributed by atoms with van der Waals surface area (Å²) in [7, 11) is 0. The maximum absolute atomic E-state index is 5.55. The molecule has 0 bridgehead atoms. The van der Waals surface area contributed by atoms with Gasteiger partial charge >= 0.3 is 0 Å². The zero-order valence-electron chi connectivity index (χ0n) is 11.7. The van der Waals surface area contributed by atoms with E-state index in [-0.39, 0.29) is 5.41 Å². The monoisotopic (exact) mass is 247 g/mol. The number of ether oxygens (including phenoxy) is 1. The molecule has 100 valence electrons. The average Bonchev–Trinajstić information content (AvgIpc) is 2.41. The number of nitrogens with one attached hydrogen (secondary N) is 1. The molecule has 1 N–H and O–H groups in total. The van der Waals surface area contributed by atoms with Crippen molar-refractivity contribution >= 4 is 0 Å². The summed E-state index contributed by atoms with van der Waals surface area (Å²) in [5.74, 6) is 0. The van der Waals surface area contributed by atoms with Gasteiger partial charge in [-0.2, -0.15) is 0 Å². The second-order valence-electron chi connectivity index (χ2n) is 5.44. The lowest BCUT2D eigenvalue weighted by molar-refractivity contribution is 0.0499. The Kier molecular flexibility index (Phi) is 4.79. The van der Waals surface area contributed by atoms with E-state index >= 15 is 0 Å². The van der Waals surface area contributed by atoms with Gasteiger partial charge in [-0.15, -0.1) is 0 Å². The first-order chi connectivity index (χ1) is 8.77. The number of benzene rings is 1. The molecule has 1 aliphatic rings. The fraction of sp³-hybridized carbons (Fsp3) is 0.625. The molecule has 1 aromatic carbocycles. The van der Waals surface area contributed by atoms with Gasteiger partial charge in [0.1, 0.15) is 0 Å². The summed E-state index contributed by atoms with van der Waals surface area (Å²) in [6.45, 7) is 8.33. The molecule has 2 rings (SSSR count). The van der Waals surface area contributed by atoms with E-state index in [1.54, 1.807) is 0 Å². The van der Waals surface area contributed by atoms with Crippen LogP contribution in [-0.4, -0.2) is 26.3 Å². The first-order valence-electron chi connectivity index (χ1n) is 7.12. The number of hydrogen-bond donors (Lipinski definition) is 1. The van der Waals surface area contributed by atoms with Crippen LogP contribution in [0, 0.1) is 6.92 Å². The summed E-state index contributed by atoms with van der Waals surface area (Å²) >= 11 is 0. The molecule has 1 saturated heterocycles. The lowest BCUT2D eigenvalue weighted by Gasteiger charge is -2.38. The van der Waals surface area contributed by atoms with Crippen LogP contribution < -0.4 is 5.32 Å². The SMILES string of the molecule is CCCNCC1(c2ccc(C)cc2)CCOCC1.